The number of nitrogens with one attached hydrogen (secondary N) is 1. The Morgan fingerprint density at radius 2 is 2.31 bits per heavy atom. The topological polar surface area (TPSA) is 65.4 Å². The summed E-state index contributed by atoms with van der Waals surface area (Å²) in [7, 11) is 0. The van der Waals surface area contributed by atoms with E-state index in [-0.39, 0.29) is 0 Å². The van der Waals surface area contributed by atoms with Crippen molar-refractivity contribution in [3.8, 4) is 17.5 Å². The van der Waals surface area contributed by atoms with Crippen molar-refractivity contribution in [2.24, 2.45) is 0 Å². The Bertz CT molecular complexity index is 536. The van der Waals surface area contributed by atoms with Gasteiger partial charge in [-0.2, -0.15) is 10.4 Å². The zero-order valence-electron chi connectivity index (χ0n) is 8.66. The lowest BCUT2D eigenvalue weighted by Crippen LogP contribution is -1.87. The molecule has 1 N–H and O–H groups in total. The van der Waals surface area contributed by atoms with E-state index in [4.69, 9.17) is 5.26 Å². The van der Waals surface area contributed by atoms with Gasteiger partial charge in [0.2, 0.25) is 0 Å². The van der Waals surface area contributed by atoms with Crippen molar-refractivity contribution in [1.82, 2.24) is 15.2 Å². The third-order valence-corrected chi connectivity index (χ3v) is 3.07. The Morgan fingerprint density at radius 1 is 1.50 bits per heavy atom. The standard InChI is InChI=1S/C11H9BrN4/c1-2-7-3-4-8(14-6-7)11-10(12)9(5-13)15-16-11/h3-4,6H,2H2,1H3,(H,15,16). The van der Waals surface area contributed by atoms with Crippen molar-refractivity contribution in [2.75, 3.05) is 0 Å². The predicted octanol–water partition coefficient (Wildman–Crippen LogP) is 2.67. The summed E-state index contributed by atoms with van der Waals surface area (Å²) < 4.78 is 0.659. The van der Waals surface area contributed by atoms with Crippen LogP contribution in [0, 0.1) is 11.3 Å². The lowest BCUT2D eigenvalue weighted by atomic mass is 10.2. The molecule has 0 saturated heterocycles. The summed E-state index contributed by atoms with van der Waals surface area (Å²) in [6.45, 7) is 2.08. The minimum Gasteiger partial charge on any atom is -0.274 e. The number of hydrogen-bond donors (Lipinski definition) is 1. The van der Waals surface area contributed by atoms with Crippen LogP contribution >= 0.6 is 15.9 Å². The molecule has 2 aromatic heterocycles. The second kappa shape index (κ2) is 4.45. The highest BCUT2D eigenvalue weighted by Gasteiger charge is 2.12. The molecule has 16 heavy (non-hydrogen) atoms. The second-order valence-corrected chi connectivity index (χ2v) is 4.07. The first kappa shape index (κ1) is 10.8. The highest BCUT2D eigenvalue weighted by atomic mass is 79.9. The largest absolute Gasteiger partial charge is 0.274 e. The Morgan fingerprint density at radius 3 is 2.81 bits per heavy atom. The van der Waals surface area contributed by atoms with Crippen LogP contribution in [0.5, 0.6) is 0 Å². The Balaban J connectivity index is 2.43. The van der Waals surface area contributed by atoms with Crippen molar-refractivity contribution in [2.45, 2.75) is 13.3 Å². The minimum absolute atomic E-state index is 0.344. The molecule has 0 radical (unpaired) electrons. The van der Waals surface area contributed by atoms with Crippen molar-refractivity contribution in [1.29, 1.82) is 5.26 Å². The molecule has 0 aliphatic rings. The van der Waals surface area contributed by atoms with Gasteiger partial charge >= 0.3 is 0 Å². The van der Waals surface area contributed by atoms with Crippen LogP contribution in [0.3, 0.4) is 0 Å². The van der Waals surface area contributed by atoms with Crippen LogP contribution in [-0.2, 0) is 6.42 Å². The van der Waals surface area contributed by atoms with Crippen molar-refractivity contribution in [3.63, 3.8) is 0 Å². The molecule has 0 atom stereocenters. The summed E-state index contributed by atoms with van der Waals surface area (Å²) in [6, 6.07) is 5.92. The molecule has 2 heterocycles. The monoisotopic (exact) mass is 276 g/mol. The molecule has 0 spiro atoms. The summed E-state index contributed by atoms with van der Waals surface area (Å²) in [5, 5.41) is 15.5. The van der Waals surface area contributed by atoms with E-state index in [0.717, 1.165) is 17.8 Å². The molecule has 2 aromatic rings. The number of nitrogens with zero attached hydrogens (tertiary/aromatic N) is 3. The van der Waals surface area contributed by atoms with Crippen LogP contribution in [0.1, 0.15) is 18.2 Å². The van der Waals surface area contributed by atoms with Gasteiger partial charge in [-0.15, -0.1) is 0 Å². The van der Waals surface area contributed by atoms with E-state index in [1.807, 2.05) is 24.4 Å². The molecule has 0 bridgehead atoms. The second-order valence-electron chi connectivity index (χ2n) is 3.28. The van der Waals surface area contributed by atoms with E-state index in [1.165, 1.54) is 5.56 Å². The number of aromatic nitrogens is 3. The average Bonchev–Trinajstić information content (AvgIpc) is 2.70. The van der Waals surface area contributed by atoms with Crippen LogP contribution in [0.4, 0.5) is 0 Å². The molecule has 0 saturated carbocycles. The van der Waals surface area contributed by atoms with Gasteiger partial charge in [-0.1, -0.05) is 13.0 Å². The lowest BCUT2D eigenvalue weighted by molar-refractivity contribution is 1.06. The first-order chi connectivity index (χ1) is 7.76. The summed E-state index contributed by atoms with van der Waals surface area (Å²) in [6.07, 6.45) is 2.79. The number of hydrogen-bond acceptors (Lipinski definition) is 3. The minimum atomic E-state index is 0.344. The van der Waals surface area contributed by atoms with E-state index >= 15 is 0 Å². The van der Waals surface area contributed by atoms with Crippen LogP contribution < -0.4 is 0 Å². The number of halogens is 1. The van der Waals surface area contributed by atoms with Crippen molar-refractivity contribution in [3.05, 3.63) is 34.1 Å². The third-order valence-electron chi connectivity index (χ3n) is 2.30. The van der Waals surface area contributed by atoms with E-state index in [1.54, 1.807) is 0 Å². The predicted molar refractivity (Wildman–Crippen MR) is 63.6 cm³/mol. The Labute approximate surface area is 101 Å². The molecular formula is C11H9BrN4. The van der Waals surface area contributed by atoms with Gasteiger partial charge in [-0.05, 0) is 34.0 Å². The number of aryl methyl sites for hydroxylation is 1. The molecule has 0 aliphatic carbocycles. The van der Waals surface area contributed by atoms with E-state index in [0.29, 0.717) is 10.2 Å². The number of aromatic amines is 1. The van der Waals surface area contributed by atoms with Crippen molar-refractivity contribution < 1.29 is 0 Å². The van der Waals surface area contributed by atoms with Gasteiger partial charge in [0, 0.05) is 6.20 Å². The fraction of sp³-hybridized carbons (Fsp3) is 0.182. The number of pyridine rings is 1. The number of nitriles is 1. The molecule has 0 unspecified atom stereocenters. The van der Waals surface area contributed by atoms with Crippen LogP contribution in [0.2, 0.25) is 0 Å². The van der Waals surface area contributed by atoms with Gasteiger partial charge < -0.3 is 0 Å². The summed E-state index contributed by atoms with van der Waals surface area (Å²) in [5.74, 6) is 0. The normalized spacial score (nSPS) is 10.1. The Kier molecular flexibility index (Phi) is 3.02. The molecule has 5 heteroatoms. The SMILES string of the molecule is CCc1ccc(-c2[nH]nc(C#N)c2Br)nc1. The van der Waals surface area contributed by atoms with Gasteiger partial charge in [0.05, 0.1) is 15.9 Å². The third kappa shape index (κ3) is 1.84. The van der Waals surface area contributed by atoms with Crippen molar-refractivity contribution >= 4 is 15.9 Å². The molecule has 0 aliphatic heterocycles. The number of rotatable bonds is 2. The van der Waals surface area contributed by atoms with Gasteiger partial charge in [0.25, 0.3) is 0 Å². The zero-order valence-corrected chi connectivity index (χ0v) is 10.2. The summed E-state index contributed by atoms with van der Waals surface area (Å²) in [5.41, 5.74) is 3.04. The first-order valence-electron chi connectivity index (χ1n) is 4.85. The maximum atomic E-state index is 8.78. The Hall–Kier alpha value is -1.67. The first-order valence-corrected chi connectivity index (χ1v) is 5.64. The average molecular weight is 277 g/mol. The molecule has 0 aromatic carbocycles. The number of H-pyrrole nitrogens is 1. The quantitative estimate of drug-likeness (QED) is 0.917. The van der Waals surface area contributed by atoms with Crippen LogP contribution in [-0.4, -0.2) is 15.2 Å². The zero-order chi connectivity index (χ0) is 11.5. The molecule has 4 nitrogen and oxygen atoms in total. The van der Waals surface area contributed by atoms with Gasteiger partial charge in [0.15, 0.2) is 5.69 Å². The fourth-order valence-corrected chi connectivity index (χ4v) is 1.82. The maximum absolute atomic E-state index is 8.78. The van der Waals surface area contributed by atoms with E-state index in [9.17, 15) is 0 Å². The fourth-order valence-electron chi connectivity index (χ4n) is 1.35. The van der Waals surface area contributed by atoms with E-state index in [2.05, 4.69) is 38.0 Å². The van der Waals surface area contributed by atoms with Gasteiger partial charge in [0.1, 0.15) is 6.07 Å². The van der Waals surface area contributed by atoms with E-state index < -0.39 is 0 Å². The highest BCUT2D eigenvalue weighted by molar-refractivity contribution is 9.10. The highest BCUT2D eigenvalue weighted by Crippen LogP contribution is 2.26. The van der Waals surface area contributed by atoms with Crippen LogP contribution in [0.15, 0.2) is 22.8 Å². The van der Waals surface area contributed by atoms with Crippen LogP contribution in [0.25, 0.3) is 11.4 Å². The lowest BCUT2D eigenvalue weighted by Gasteiger charge is -1.99. The molecule has 80 valence electrons. The smallest absolute Gasteiger partial charge is 0.177 e. The maximum Gasteiger partial charge on any atom is 0.177 e. The van der Waals surface area contributed by atoms with Gasteiger partial charge in [-0.3, -0.25) is 10.1 Å². The van der Waals surface area contributed by atoms with Gasteiger partial charge in [-0.25, -0.2) is 0 Å². The summed E-state index contributed by atoms with van der Waals surface area (Å²) >= 11 is 3.33. The molecule has 0 fully saturated rings. The molecular weight excluding hydrogens is 268 g/mol. The molecule has 0 amide bonds. The summed E-state index contributed by atoms with van der Waals surface area (Å²) in [4.78, 5) is 4.32. The molecule has 2 rings (SSSR count).